The molecule has 3 aromatic carbocycles. The minimum absolute atomic E-state index is 0.0922. The molecule has 2 N–H and O–H groups in total. The van der Waals surface area contributed by atoms with Crippen LogP contribution in [0.4, 0.5) is 15.8 Å². The summed E-state index contributed by atoms with van der Waals surface area (Å²) >= 11 is 0. The van der Waals surface area contributed by atoms with Crippen molar-refractivity contribution in [3.05, 3.63) is 108 Å². The van der Waals surface area contributed by atoms with Crippen molar-refractivity contribution in [1.29, 1.82) is 0 Å². The maximum absolute atomic E-state index is 13.0. The Morgan fingerprint density at radius 3 is 2.32 bits per heavy atom. The Morgan fingerprint density at radius 1 is 0.853 bits per heavy atom. The minimum Gasteiger partial charge on any atom is -0.495 e. The number of furan rings is 1. The van der Waals surface area contributed by atoms with Crippen molar-refractivity contribution in [2.45, 2.75) is 6.61 Å². The second kappa shape index (κ2) is 10.4. The van der Waals surface area contributed by atoms with E-state index in [1.165, 1.54) is 37.4 Å². The zero-order chi connectivity index (χ0) is 23.9. The molecule has 4 rings (SSSR count). The molecule has 0 fully saturated rings. The third kappa shape index (κ3) is 5.60. The van der Waals surface area contributed by atoms with E-state index in [0.29, 0.717) is 34.2 Å². The van der Waals surface area contributed by atoms with Crippen molar-refractivity contribution in [2.24, 2.45) is 0 Å². The summed E-state index contributed by atoms with van der Waals surface area (Å²) in [7, 11) is 1.53. The molecule has 1 heterocycles. The number of anilines is 2. The van der Waals surface area contributed by atoms with Gasteiger partial charge in [0.25, 0.3) is 11.8 Å². The first-order valence-corrected chi connectivity index (χ1v) is 10.3. The van der Waals surface area contributed by atoms with Gasteiger partial charge in [0.05, 0.1) is 12.8 Å². The summed E-state index contributed by atoms with van der Waals surface area (Å²) in [6, 6.07) is 22.3. The second-order valence-electron chi connectivity index (χ2n) is 7.19. The van der Waals surface area contributed by atoms with E-state index < -0.39 is 5.91 Å². The molecule has 0 unspecified atom stereocenters. The van der Waals surface area contributed by atoms with Crippen LogP contribution in [0.25, 0.3) is 0 Å². The molecule has 0 saturated carbocycles. The van der Waals surface area contributed by atoms with Gasteiger partial charge in [-0.05, 0) is 72.8 Å². The molecule has 1 aromatic heterocycles. The third-order valence-corrected chi connectivity index (χ3v) is 4.84. The first kappa shape index (κ1) is 22.6. The number of hydrogen-bond acceptors (Lipinski definition) is 5. The summed E-state index contributed by atoms with van der Waals surface area (Å²) in [6.07, 6.45) is 0. The number of carbonyl (C=O) groups excluding carboxylic acids is 2. The zero-order valence-corrected chi connectivity index (χ0v) is 18.2. The lowest BCUT2D eigenvalue weighted by Gasteiger charge is -2.10. The predicted octanol–water partition coefficient (Wildman–Crippen LogP) is 5.51. The molecule has 0 aliphatic carbocycles. The van der Waals surface area contributed by atoms with Crippen molar-refractivity contribution < 1.29 is 27.9 Å². The second-order valence-corrected chi connectivity index (χ2v) is 7.19. The standard InChI is InChI=1S/C26H21FN2O5/c1-32-23-5-3-2-4-22(23)29-25(30)17-6-10-19(11-7-17)28-26(31)24-15-14-21(34-24)16-33-20-12-8-18(27)9-13-20/h2-15H,16H2,1H3,(H,28,31)(H,29,30). The number of methoxy groups -OCH3 is 1. The first-order valence-electron chi connectivity index (χ1n) is 10.3. The van der Waals surface area contributed by atoms with Crippen molar-refractivity contribution in [2.75, 3.05) is 17.7 Å². The van der Waals surface area contributed by atoms with Crippen LogP contribution in [0.2, 0.25) is 0 Å². The summed E-state index contributed by atoms with van der Waals surface area (Å²) in [5.41, 5.74) is 1.48. The largest absolute Gasteiger partial charge is 0.495 e. The number of hydrogen-bond donors (Lipinski definition) is 2. The number of amides is 2. The van der Waals surface area contributed by atoms with E-state index >= 15 is 0 Å². The third-order valence-electron chi connectivity index (χ3n) is 4.84. The quantitative estimate of drug-likeness (QED) is 0.362. The lowest BCUT2D eigenvalue weighted by molar-refractivity contribution is 0.0991. The highest BCUT2D eigenvalue weighted by molar-refractivity contribution is 6.06. The molecule has 0 bridgehead atoms. The molecule has 34 heavy (non-hydrogen) atoms. The van der Waals surface area contributed by atoms with Crippen LogP contribution in [-0.2, 0) is 6.61 Å². The molecule has 172 valence electrons. The van der Waals surface area contributed by atoms with Gasteiger partial charge in [-0.2, -0.15) is 0 Å². The fourth-order valence-electron chi connectivity index (χ4n) is 3.10. The molecule has 0 atom stereocenters. The van der Waals surface area contributed by atoms with Gasteiger partial charge in [0.15, 0.2) is 5.76 Å². The highest BCUT2D eigenvalue weighted by Crippen LogP contribution is 2.24. The molecule has 0 spiro atoms. The number of carbonyl (C=O) groups is 2. The van der Waals surface area contributed by atoms with Crippen molar-refractivity contribution in [3.8, 4) is 11.5 Å². The SMILES string of the molecule is COc1ccccc1NC(=O)c1ccc(NC(=O)c2ccc(COc3ccc(F)cc3)o2)cc1. The average molecular weight is 460 g/mol. The van der Waals surface area contributed by atoms with E-state index in [0.717, 1.165) is 0 Å². The molecule has 0 radical (unpaired) electrons. The highest BCUT2D eigenvalue weighted by Gasteiger charge is 2.13. The van der Waals surface area contributed by atoms with E-state index in [1.807, 2.05) is 6.07 Å². The Labute approximate surface area is 195 Å². The molecular weight excluding hydrogens is 439 g/mol. The van der Waals surface area contributed by atoms with E-state index in [4.69, 9.17) is 13.9 Å². The van der Waals surface area contributed by atoms with Gasteiger partial charge in [-0.3, -0.25) is 9.59 Å². The Balaban J connectivity index is 1.33. The average Bonchev–Trinajstić information content (AvgIpc) is 3.34. The summed E-state index contributed by atoms with van der Waals surface area (Å²) in [5.74, 6) is 0.487. The Kier molecular flexibility index (Phi) is 6.88. The van der Waals surface area contributed by atoms with Crippen molar-refractivity contribution in [3.63, 3.8) is 0 Å². The van der Waals surface area contributed by atoms with Crippen LogP contribution in [0, 0.1) is 5.82 Å². The van der Waals surface area contributed by atoms with Gasteiger partial charge < -0.3 is 24.5 Å². The van der Waals surface area contributed by atoms with Gasteiger partial charge >= 0.3 is 0 Å². The number of rotatable bonds is 8. The molecular formula is C26H21FN2O5. The summed E-state index contributed by atoms with van der Waals surface area (Å²) < 4.78 is 29.2. The highest BCUT2D eigenvalue weighted by atomic mass is 19.1. The summed E-state index contributed by atoms with van der Waals surface area (Å²) in [4.78, 5) is 25.0. The summed E-state index contributed by atoms with van der Waals surface area (Å²) in [5, 5.41) is 5.52. The molecule has 0 aliphatic rings. The van der Waals surface area contributed by atoms with Crippen LogP contribution in [0.15, 0.2) is 89.3 Å². The van der Waals surface area contributed by atoms with Gasteiger partial charge in [-0.15, -0.1) is 0 Å². The fourth-order valence-corrected chi connectivity index (χ4v) is 3.10. The zero-order valence-electron chi connectivity index (χ0n) is 18.2. The normalized spacial score (nSPS) is 10.4. The topological polar surface area (TPSA) is 89.8 Å². The number of para-hydroxylation sites is 2. The Morgan fingerprint density at radius 2 is 1.59 bits per heavy atom. The van der Waals surface area contributed by atoms with Gasteiger partial charge in [-0.25, -0.2) is 4.39 Å². The van der Waals surface area contributed by atoms with Crippen molar-refractivity contribution in [1.82, 2.24) is 0 Å². The number of halogens is 1. The van der Waals surface area contributed by atoms with Crippen molar-refractivity contribution >= 4 is 23.2 Å². The van der Waals surface area contributed by atoms with E-state index in [1.54, 1.807) is 48.5 Å². The fraction of sp³-hybridized carbons (Fsp3) is 0.0769. The lowest BCUT2D eigenvalue weighted by atomic mass is 10.2. The van der Waals surface area contributed by atoms with Gasteiger partial charge in [-0.1, -0.05) is 12.1 Å². The molecule has 2 amide bonds. The van der Waals surface area contributed by atoms with E-state index in [-0.39, 0.29) is 24.1 Å². The molecule has 4 aromatic rings. The lowest BCUT2D eigenvalue weighted by Crippen LogP contribution is -2.13. The Hall–Kier alpha value is -4.59. The van der Waals surface area contributed by atoms with Crippen LogP contribution >= 0.6 is 0 Å². The maximum Gasteiger partial charge on any atom is 0.291 e. The van der Waals surface area contributed by atoms with Crippen LogP contribution < -0.4 is 20.1 Å². The van der Waals surface area contributed by atoms with Crippen LogP contribution in [0.5, 0.6) is 11.5 Å². The number of ether oxygens (including phenoxy) is 2. The van der Waals surface area contributed by atoms with E-state index in [9.17, 15) is 14.0 Å². The van der Waals surface area contributed by atoms with E-state index in [2.05, 4.69) is 10.6 Å². The van der Waals surface area contributed by atoms with Gasteiger partial charge in [0.1, 0.15) is 29.7 Å². The number of benzene rings is 3. The first-order chi connectivity index (χ1) is 16.5. The monoisotopic (exact) mass is 460 g/mol. The van der Waals surface area contributed by atoms with Crippen LogP contribution in [-0.4, -0.2) is 18.9 Å². The smallest absolute Gasteiger partial charge is 0.291 e. The predicted molar refractivity (Wildman–Crippen MR) is 125 cm³/mol. The van der Waals surface area contributed by atoms with Crippen LogP contribution in [0.1, 0.15) is 26.7 Å². The summed E-state index contributed by atoms with van der Waals surface area (Å²) in [6.45, 7) is 0.0922. The molecule has 0 saturated heterocycles. The maximum atomic E-state index is 13.0. The Bertz CT molecular complexity index is 1280. The van der Waals surface area contributed by atoms with Gasteiger partial charge in [0, 0.05) is 11.3 Å². The van der Waals surface area contributed by atoms with Crippen LogP contribution in [0.3, 0.4) is 0 Å². The number of nitrogens with one attached hydrogen (secondary N) is 2. The molecule has 0 aliphatic heterocycles. The molecule has 7 nitrogen and oxygen atoms in total. The molecule has 8 heteroatoms. The minimum atomic E-state index is -0.445. The van der Waals surface area contributed by atoms with Gasteiger partial charge in [0.2, 0.25) is 0 Å².